The van der Waals surface area contributed by atoms with Crippen LogP contribution in [-0.4, -0.2) is 85.9 Å². The topological polar surface area (TPSA) is 151 Å². The summed E-state index contributed by atoms with van der Waals surface area (Å²) in [5, 5.41) is 24.6. The maximum absolute atomic E-state index is 12.7. The number of carbonyl (C=O) groups excluding carboxylic acids is 2. The van der Waals surface area contributed by atoms with Crippen molar-refractivity contribution in [1.82, 2.24) is 10.6 Å². The van der Waals surface area contributed by atoms with Gasteiger partial charge in [0.2, 0.25) is 0 Å². The fraction of sp³-hybridized carbons (Fsp3) is 0.222. The first kappa shape index (κ1) is 33.3. The Balaban J connectivity index is 0.957. The Morgan fingerprint density at radius 3 is 1.12 bits per heavy atom. The fourth-order valence-corrected chi connectivity index (χ4v) is 13.1. The van der Waals surface area contributed by atoms with Gasteiger partial charge >= 0.3 is 289 Å². The summed E-state index contributed by atoms with van der Waals surface area (Å²) in [7, 11) is 0. The zero-order chi connectivity index (χ0) is 33.6. The Bertz CT molecular complexity index is 1630. The number of aliphatic carboxylic acids is 2. The first-order valence-electron chi connectivity index (χ1n) is 15.2. The second-order valence-electron chi connectivity index (χ2n) is 11.3. The maximum atomic E-state index is 12.7. The Morgan fingerprint density at radius 2 is 0.833 bits per heavy atom. The van der Waals surface area contributed by atoms with Crippen molar-refractivity contribution in [2.45, 2.75) is 34.6 Å². The third-order valence-electron chi connectivity index (χ3n) is 8.42. The van der Waals surface area contributed by atoms with Crippen LogP contribution in [0.5, 0.6) is 0 Å². The number of amides is 2. The van der Waals surface area contributed by atoms with E-state index < -0.39 is 36.2 Å². The van der Waals surface area contributed by atoms with E-state index in [0.717, 1.165) is 44.5 Å². The fourth-order valence-electron chi connectivity index (χ4n) is 6.15. The molecule has 12 heteroatoms. The average Bonchev–Trinajstić information content (AvgIpc) is 3.59. The second-order valence-corrected chi connectivity index (χ2v) is 18.8. The number of carbonyl (C=O) groups is 4. The number of fused-ring (bicyclic) bond motifs is 6. The molecule has 0 aromatic heterocycles. The van der Waals surface area contributed by atoms with Gasteiger partial charge in [-0.05, 0) is 0 Å². The Hall–Kier alpha value is -4.60. The zero-order valence-electron chi connectivity index (χ0n) is 25.5. The molecule has 246 valence electrons. The molecule has 4 N–H and O–H groups in total. The number of carboxylic acids is 2. The van der Waals surface area contributed by atoms with Crippen molar-refractivity contribution in [2.24, 2.45) is 0 Å². The van der Waals surface area contributed by atoms with E-state index in [-0.39, 0.29) is 62.0 Å². The summed E-state index contributed by atoms with van der Waals surface area (Å²) in [5.74, 6) is -2.72. The minimum atomic E-state index is -1.20. The number of nitrogens with one attached hydrogen (secondary N) is 2. The van der Waals surface area contributed by atoms with Crippen molar-refractivity contribution < 1.29 is 38.9 Å². The molecule has 0 radical (unpaired) electrons. The van der Waals surface area contributed by atoms with Gasteiger partial charge in [-0.1, -0.05) is 0 Å². The second kappa shape index (κ2) is 15.1. The van der Waals surface area contributed by atoms with Gasteiger partial charge in [0.25, 0.3) is 0 Å². The molecule has 4 aromatic carbocycles. The van der Waals surface area contributed by atoms with Crippen molar-refractivity contribution in [1.29, 1.82) is 0 Å². The van der Waals surface area contributed by atoms with E-state index in [0.29, 0.717) is 0 Å². The molecule has 0 fully saturated rings. The van der Waals surface area contributed by atoms with Gasteiger partial charge < -0.3 is 0 Å². The molecule has 6 rings (SSSR count). The number of hydrogen-bond donors (Lipinski definition) is 4. The van der Waals surface area contributed by atoms with E-state index in [2.05, 4.69) is 10.6 Å². The molecule has 0 spiro atoms. The summed E-state index contributed by atoms with van der Waals surface area (Å²) in [6, 6.07) is 29.3. The van der Waals surface area contributed by atoms with E-state index in [4.69, 9.17) is 9.47 Å². The molecule has 0 aliphatic heterocycles. The van der Waals surface area contributed by atoms with Crippen molar-refractivity contribution >= 4 is 50.4 Å². The summed E-state index contributed by atoms with van der Waals surface area (Å²) in [5.41, 5.74) is 8.54. The van der Waals surface area contributed by atoms with Crippen LogP contribution >= 0.6 is 0 Å². The molecule has 0 saturated heterocycles. The summed E-state index contributed by atoms with van der Waals surface area (Å²) in [4.78, 5) is 49.2. The quantitative estimate of drug-likeness (QED) is 0.108. The van der Waals surface area contributed by atoms with Crippen LogP contribution in [0.1, 0.15) is 34.1 Å². The zero-order valence-corrected chi connectivity index (χ0v) is 29.0. The molecule has 2 atom stereocenters. The average molecular weight is 779 g/mol. The van der Waals surface area contributed by atoms with Crippen LogP contribution in [-0.2, 0) is 19.1 Å². The first-order chi connectivity index (χ1) is 23.3. The third-order valence-corrected chi connectivity index (χ3v) is 15.5. The molecule has 0 bridgehead atoms. The predicted molar refractivity (Wildman–Crippen MR) is 180 cm³/mol. The minimum absolute atomic E-state index is 0.0586. The van der Waals surface area contributed by atoms with E-state index in [1.165, 1.54) is 0 Å². The molecule has 2 aliphatic rings. The van der Waals surface area contributed by atoms with Crippen LogP contribution in [0, 0.1) is 0 Å². The van der Waals surface area contributed by atoms with Crippen molar-refractivity contribution in [2.75, 3.05) is 13.2 Å². The summed E-state index contributed by atoms with van der Waals surface area (Å²) in [6.07, 6.45) is -1.65. The standard InChI is InChI=1S/C36H32N2O8Se2/c39-33(40)31(37-35(43)45-17-29-25-13-5-1-9-21(25)22-10-2-6-14-26(22)29)19-47-48-20-32(34(41)42)38-36(44)46-18-30-27-15-7-3-11-23(27)24-12-4-8-16-28(24)30/h1-16,29-32H,17-20H2,(H,37,43)(H,38,44)(H,39,40)(H,41,42)/t31-,32+. The molecule has 2 amide bonds. The van der Waals surface area contributed by atoms with Crippen molar-refractivity contribution in [3.63, 3.8) is 0 Å². The summed E-state index contributed by atoms with van der Waals surface area (Å²) >= 11 is -0.577. The van der Waals surface area contributed by atoms with Crippen LogP contribution in [0.2, 0.25) is 10.6 Å². The SMILES string of the molecule is O=C(N[C@@H](C[Se][Se]C[C@@H](NC(=O)OCC1c2ccccc2-c2ccccc21)C(=O)O)C(=O)O)OCC1c2ccccc2-c2ccccc21. The summed E-state index contributed by atoms with van der Waals surface area (Å²) < 4.78 is 11.0. The van der Waals surface area contributed by atoms with Gasteiger partial charge in [-0.2, -0.15) is 0 Å². The van der Waals surface area contributed by atoms with E-state index in [9.17, 15) is 29.4 Å². The molecule has 0 heterocycles. The Morgan fingerprint density at radius 1 is 0.542 bits per heavy atom. The third kappa shape index (κ3) is 7.27. The molecule has 4 aromatic rings. The number of ether oxygens (including phenoxy) is 2. The normalized spacial score (nSPS) is 14.1. The van der Waals surface area contributed by atoms with Gasteiger partial charge in [0.05, 0.1) is 0 Å². The van der Waals surface area contributed by atoms with Gasteiger partial charge in [0.15, 0.2) is 0 Å². The molecule has 0 saturated carbocycles. The molecule has 0 unspecified atom stereocenters. The first-order valence-corrected chi connectivity index (χ1v) is 22.0. The number of carboxylic acid groups (broad SMARTS) is 2. The molecule has 2 aliphatic carbocycles. The van der Waals surface area contributed by atoms with E-state index in [1.54, 1.807) is 0 Å². The molecular weight excluding hydrogens is 746 g/mol. The Kier molecular flexibility index (Phi) is 10.5. The molecule has 10 nitrogen and oxygen atoms in total. The van der Waals surface area contributed by atoms with Crippen LogP contribution in [0.15, 0.2) is 97.1 Å². The van der Waals surface area contributed by atoms with Crippen LogP contribution < -0.4 is 10.6 Å². The monoisotopic (exact) mass is 780 g/mol. The number of rotatable bonds is 13. The Labute approximate surface area is 288 Å². The van der Waals surface area contributed by atoms with Gasteiger partial charge in [-0.25, -0.2) is 0 Å². The van der Waals surface area contributed by atoms with Gasteiger partial charge in [-0.15, -0.1) is 0 Å². The van der Waals surface area contributed by atoms with Crippen molar-refractivity contribution in [3.05, 3.63) is 119 Å². The number of hydrogen-bond acceptors (Lipinski definition) is 6. The van der Waals surface area contributed by atoms with E-state index >= 15 is 0 Å². The van der Waals surface area contributed by atoms with Gasteiger partial charge in [0, 0.05) is 0 Å². The molecular formula is C36H32N2O8Se2. The number of benzene rings is 4. The van der Waals surface area contributed by atoms with Crippen molar-refractivity contribution in [3.8, 4) is 22.3 Å². The molecule has 48 heavy (non-hydrogen) atoms. The van der Waals surface area contributed by atoms with Crippen LogP contribution in [0.4, 0.5) is 9.59 Å². The van der Waals surface area contributed by atoms with Gasteiger partial charge in [-0.3, -0.25) is 0 Å². The number of alkyl carbamates (subject to hydrolysis) is 2. The summed E-state index contributed by atoms with van der Waals surface area (Å²) in [6.45, 7) is 0.117. The van der Waals surface area contributed by atoms with E-state index in [1.807, 2.05) is 97.1 Å². The van der Waals surface area contributed by atoms with Crippen LogP contribution in [0.3, 0.4) is 0 Å². The van der Waals surface area contributed by atoms with Gasteiger partial charge in [0.1, 0.15) is 0 Å². The predicted octanol–water partition coefficient (Wildman–Crippen LogP) is 5.13. The van der Waals surface area contributed by atoms with Crippen LogP contribution in [0.25, 0.3) is 22.3 Å².